The Hall–Kier alpha value is -4.28. The Morgan fingerprint density at radius 2 is 1.35 bits per heavy atom. The molecule has 3 aromatic carbocycles. The average Bonchev–Trinajstić information content (AvgIpc) is 2.85. The van der Waals surface area contributed by atoms with Crippen molar-refractivity contribution in [2.75, 3.05) is 23.0 Å². The molecule has 0 unspecified atom stereocenters. The maximum absolute atomic E-state index is 12.4. The molecular formula is C24H22N6O3S. The molecule has 0 atom stereocenters. The first kappa shape index (κ1) is 22.9. The Morgan fingerprint density at radius 1 is 0.735 bits per heavy atom. The van der Waals surface area contributed by atoms with Gasteiger partial charge in [0.1, 0.15) is 18.0 Å². The van der Waals surface area contributed by atoms with Gasteiger partial charge in [0, 0.05) is 28.7 Å². The monoisotopic (exact) mass is 474 g/mol. The van der Waals surface area contributed by atoms with Crippen LogP contribution in [-0.4, -0.2) is 31.3 Å². The highest BCUT2D eigenvalue weighted by Gasteiger charge is 2.12. The van der Waals surface area contributed by atoms with Crippen molar-refractivity contribution in [3.63, 3.8) is 0 Å². The highest BCUT2D eigenvalue weighted by atomic mass is 32.2. The largest absolute Gasteiger partial charge is 0.340 e. The van der Waals surface area contributed by atoms with E-state index in [0.717, 1.165) is 5.69 Å². The fourth-order valence-corrected chi connectivity index (χ4v) is 3.89. The second-order valence-electron chi connectivity index (χ2n) is 7.17. The first-order valence-corrected chi connectivity index (χ1v) is 11.8. The molecule has 172 valence electrons. The van der Waals surface area contributed by atoms with Crippen LogP contribution in [0.25, 0.3) is 0 Å². The van der Waals surface area contributed by atoms with E-state index in [-0.39, 0.29) is 10.8 Å². The molecule has 0 aliphatic carbocycles. The molecule has 1 aromatic heterocycles. The minimum atomic E-state index is -3.56. The second-order valence-corrected chi connectivity index (χ2v) is 9.06. The average molecular weight is 475 g/mol. The predicted octanol–water partition coefficient (Wildman–Crippen LogP) is 4.12. The molecular weight excluding hydrogens is 452 g/mol. The maximum atomic E-state index is 12.4. The Morgan fingerprint density at radius 3 is 2.03 bits per heavy atom. The first-order chi connectivity index (χ1) is 16.4. The number of aromatic nitrogens is 2. The summed E-state index contributed by atoms with van der Waals surface area (Å²) < 4.78 is 26.4. The van der Waals surface area contributed by atoms with E-state index in [4.69, 9.17) is 0 Å². The molecule has 4 N–H and O–H groups in total. The summed E-state index contributed by atoms with van der Waals surface area (Å²) in [5.74, 6) is 0.793. The molecule has 0 aliphatic rings. The van der Waals surface area contributed by atoms with Gasteiger partial charge in [-0.05, 0) is 55.6 Å². The predicted molar refractivity (Wildman–Crippen MR) is 132 cm³/mol. The minimum absolute atomic E-state index is 0.141. The number of nitrogens with zero attached hydrogens (tertiary/aromatic N) is 2. The number of hydrogen-bond donors (Lipinski definition) is 4. The van der Waals surface area contributed by atoms with E-state index < -0.39 is 10.0 Å². The van der Waals surface area contributed by atoms with Gasteiger partial charge >= 0.3 is 0 Å². The van der Waals surface area contributed by atoms with Crippen LogP contribution in [0.4, 0.5) is 28.7 Å². The van der Waals surface area contributed by atoms with Crippen molar-refractivity contribution in [2.24, 2.45) is 0 Å². The van der Waals surface area contributed by atoms with Crippen molar-refractivity contribution in [1.29, 1.82) is 0 Å². The summed E-state index contributed by atoms with van der Waals surface area (Å²) in [4.78, 5) is 21.0. The number of anilines is 5. The normalized spacial score (nSPS) is 11.0. The van der Waals surface area contributed by atoms with E-state index in [1.165, 1.54) is 25.5 Å². The van der Waals surface area contributed by atoms with Crippen molar-refractivity contribution in [2.45, 2.75) is 4.90 Å². The van der Waals surface area contributed by atoms with Gasteiger partial charge in [-0.25, -0.2) is 23.1 Å². The molecule has 1 amide bonds. The van der Waals surface area contributed by atoms with E-state index in [1.807, 2.05) is 30.3 Å². The van der Waals surface area contributed by atoms with Gasteiger partial charge in [-0.1, -0.05) is 30.3 Å². The topological polar surface area (TPSA) is 125 Å². The standard InChI is InChI=1S/C24H22N6O3S/c1-25-34(32,33)21-12-6-11-20(14-21)29-23-15-22(26-16-27-23)28-18-9-5-10-19(13-18)30-24(31)17-7-3-2-4-8-17/h2-16,25H,1H3,(H,30,31)(H2,26,27,28,29). The molecule has 9 nitrogen and oxygen atoms in total. The summed E-state index contributed by atoms with van der Waals surface area (Å²) in [6.07, 6.45) is 1.39. The molecule has 0 radical (unpaired) electrons. The van der Waals surface area contributed by atoms with Gasteiger partial charge in [-0.3, -0.25) is 4.79 Å². The van der Waals surface area contributed by atoms with Crippen LogP contribution in [0.1, 0.15) is 10.4 Å². The summed E-state index contributed by atoms with van der Waals surface area (Å²) >= 11 is 0. The number of rotatable bonds is 8. The molecule has 34 heavy (non-hydrogen) atoms. The fraction of sp³-hybridized carbons (Fsp3) is 0.0417. The van der Waals surface area contributed by atoms with E-state index >= 15 is 0 Å². The highest BCUT2D eigenvalue weighted by molar-refractivity contribution is 7.89. The van der Waals surface area contributed by atoms with Crippen molar-refractivity contribution in [1.82, 2.24) is 14.7 Å². The highest BCUT2D eigenvalue weighted by Crippen LogP contribution is 2.23. The van der Waals surface area contributed by atoms with Crippen LogP contribution in [0.2, 0.25) is 0 Å². The number of carbonyl (C=O) groups excluding carboxylic acids is 1. The van der Waals surface area contributed by atoms with E-state index in [9.17, 15) is 13.2 Å². The molecule has 10 heteroatoms. The molecule has 0 fully saturated rings. The molecule has 1 heterocycles. The summed E-state index contributed by atoms with van der Waals surface area (Å²) in [6.45, 7) is 0. The Balaban J connectivity index is 1.46. The molecule has 0 saturated carbocycles. The number of hydrogen-bond acceptors (Lipinski definition) is 7. The number of nitrogens with one attached hydrogen (secondary N) is 4. The van der Waals surface area contributed by atoms with Crippen LogP contribution in [0.5, 0.6) is 0 Å². The SMILES string of the molecule is CNS(=O)(=O)c1cccc(Nc2cc(Nc3cccc(NC(=O)c4ccccc4)c3)ncn2)c1. The van der Waals surface area contributed by atoms with Crippen LogP contribution < -0.4 is 20.7 Å². The quantitative estimate of drug-likeness (QED) is 0.303. The summed E-state index contributed by atoms with van der Waals surface area (Å²) in [6, 6.07) is 24.3. The number of sulfonamides is 1. The number of carbonyl (C=O) groups is 1. The number of amides is 1. The third-order valence-corrected chi connectivity index (χ3v) is 6.19. The van der Waals surface area contributed by atoms with Gasteiger partial charge in [0.05, 0.1) is 4.90 Å². The van der Waals surface area contributed by atoms with Crippen molar-refractivity contribution < 1.29 is 13.2 Å². The lowest BCUT2D eigenvalue weighted by Gasteiger charge is -2.11. The van der Waals surface area contributed by atoms with E-state index in [1.54, 1.807) is 42.5 Å². The third-order valence-electron chi connectivity index (χ3n) is 4.78. The fourth-order valence-electron chi connectivity index (χ4n) is 3.12. The lowest BCUT2D eigenvalue weighted by molar-refractivity contribution is 0.102. The zero-order valence-corrected chi connectivity index (χ0v) is 19.0. The van der Waals surface area contributed by atoms with Crippen LogP contribution >= 0.6 is 0 Å². The molecule has 0 bridgehead atoms. The van der Waals surface area contributed by atoms with Crippen molar-refractivity contribution in [3.8, 4) is 0 Å². The molecule has 4 rings (SSSR count). The van der Waals surface area contributed by atoms with Gasteiger partial charge in [-0.2, -0.15) is 0 Å². The van der Waals surface area contributed by atoms with Gasteiger partial charge < -0.3 is 16.0 Å². The van der Waals surface area contributed by atoms with Gasteiger partial charge in [-0.15, -0.1) is 0 Å². The zero-order valence-electron chi connectivity index (χ0n) is 18.2. The van der Waals surface area contributed by atoms with Crippen molar-refractivity contribution >= 4 is 44.6 Å². The van der Waals surface area contributed by atoms with Crippen LogP contribution in [-0.2, 0) is 10.0 Å². The lowest BCUT2D eigenvalue weighted by atomic mass is 10.2. The zero-order chi connectivity index (χ0) is 24.0. The third kappa shape index (κ3) is 5.74. The molecule has 4 aromatic rings. The Kier molecular flexibility index (Phi) is 6.81. The lowest BCUT2D eigenvalue weighted by Crippen LogP contribution is -2.18. The van der Waals surface area contributed by atoms with Crippen LogP contribution in [0, 0.1) is 0 Å². The van der Waals surface area contributed by atoms with Crippen molar-refractivity contribution in [3.05, 3.63) is 96.8 Å². The number of benzene rings is 3. The van der Waals surface area contributed by atoms with Gasteiger partial charge in [0.15, 0.2) is 0 Å². The Labute approximate surface area is 197 Å². The summed E-state index contributed by atoms with van der Waals surface area (Å²) in [7, 11) is -2.20. The molecule has 0 spiro atoms. The summed E-state index contributed by atoms with van der Waals surface area (Å²) in [5.41, 5.74) is 2.48. The maximum Gasteiger partial charge on any atom is 0.255 e. The first-order valence-electron chi connectivity index (χ1n) is 10.3. The second kappa shape index (κ2) is 10.1. The Bertz CT molecular complexity index is 1410. The van der Waals surface area contributed by atoms with E-state index in [0.29, 0.717) is 28.6 Å². The van der Waals surface area contributed by atoms with E-state index in [2.05, 4.69) is 30.6 Å². The summed E-state index contributed by atoms with van der Waals surface area (Å²) in [5, 5.41) is 9.13. The van der Waals surface area contributed by atoms with Crippen LogP contribution in [0.3, 0.4) is 0 Å². The van der Waals surface area contributed by atoms with Gasteiger partial charge in [0.2, 0.25) is 10.0 Å². The minimum Gasteiger partial charge on any atom is -0.340 e. The molecule has 0 saturated heterocycles. The molecule has 0 aliphatic heterocycles. The van der Waals surface area contributed by atoms with Crippen LogP contribution in [0.15, 0.2) is 96.2 Å². The smallest absolute Gasteiger partial charge is 0.255 e. The van der Waals surface area contributed by atoms with Gasteiger partial charge in [0.25, 0.3) is 5.91 Å².